The smallest absolute Gasteiger partial charge is 0.311 e. The minimum Gasteiger partial charge on any atom is -0.311 e. The molecule has 7 heavy (non-hydrogen) atoms. The van der Waals surface area contributed by atoms with E-state index in [-0.39, 0.29) is 0 Å². The predicted octanol–water partition coefficient (Wildman–Crippen LogP) is 1.80. The Labute approximate surface area is 43.0 Å². The van der Waals surface area contributed by atoms with E-state index in [1.165, 1.54) is 0 Å². The van der Waals surface area contributed by atoms with Crippen LogP contribution >= 0.6 is 12.0 Å². The third kappa shape index (κ3) is 6.10. The lowest BCUT2D eigenvalue weighted by Crippen LogP contribution is -1.98. The minimum absolute atomic E-state index is 0.512. The van der Waals surface area contributed by atoms with Gasteiger partial charge in [0, 0.05) is 0 Å². The maximum Gasteiger partial charge on any atom is 0.467 e. The van der Waals surface area contributed by atoms with Crippen molar-refractivity contribution in [1.82, 2.24) is 0 Å². The van der Waals surface area contributed by atoms with Gasteiger partial charge in [0.15, 0.2) is 0 Å². The maximum absolute atomic E-state index is 10.9. The fourth-order valence-corrected chi connectivity index (χ4v) is 0.283. The first kappa shape index (κ1) is 7.10. The summed E-state index contributed by atoms with van der Waals surface area (Å²) in [4.78, 5) is 0. The Bertz CT molecular complexity index is 51.4. The summed E-state index contributed by atoms with van der Waals surface area (Å²) in [6, 6.07) is 0. The van der Waals surface area contributed by atoms with Crippen molar-refractivity contribution in [3.8, 4) is 0 Å². The zero-order valence-corrected chi connectivity index (χ0v) is 4.27. The van der Waals surface area contributed by atoms with Gasteiger partial charge in [-0.1, -0.05) is 0 Å². The van der Waals surface area contributed by atoms with Crippen molar-refractivity contribution in [3.63, 3.8) is 0 Å². The molecule has 0 N–H and O–H groups in total. The second-order valence-corrected chi connectivity index (χ2v) is 1.66. The number of hydrogen-bond acceptors (Lipinski definition) is 2. The van der Waals surface area contributed by atoms with Crippen molar-refractivity contribution in [1.29, 1.82) is 0 Å². The van der Waals surface area contributed by atoms with E-state index in [1.807, 2.05) is 0 Å². The van der Waals surface area contributed by atoms with E-state index in [0.717, 1.165) is 7.11 Å². The Kier molecular flexibility index (Phi) is 2.45. The van der Waals surface area contributed by atoms with Crippen LogP contribution in [0.25, 0.3) is 0 Å². The quantitative estimate of drug-likeness (QED) is 0.503. The monoisotopic (exact) mass is 132 g/mol. The molecule has 1 nitrogen and oxygen atoms in total. The van der Waals surface area contributed by atoms with Crippen LogP contribution in [0.2, 0.25) is 0 Å². The topological polar surface area (TPSA) is 9.23 Å². The lowest BCUT2D eigenvalue weighted by Gasteiger charge is -1.98. The molecule has 0 bridgehead atoms. The van der Waals surface area contributed by atoms with Gasteiger partial charge >= 0.3 is 5.51 Å². The summed E-state index contributed by atoms with van der Waals surface area (Å²) in [7, 11) is 0.970. The molecule has 0 atom stereocenters. The molecule has 0 amide bonds. The van der Waals surface area contributed by atoms with E-state index in [2.05, 4.69) is 4.18 Å². The van der Waals surface area contributed by atoms with Gasteiger partial charge in [0.05, 0.1) is 7.11 Å². The van der Waals surface area contributed by atoms with Gasteiger partial charge in [0.1, 0.15) is 12.0 Å². The molecule has 0 aromatic rings. The average Bonchev–Trinajstić information content (AvgIpc) is 1.30. The Morgan fingerprint density at radius 1 is 1.43 bits per heavy atom. The van der Waals surface area contributed by atoms with Crippen LogP contribution in [-0.4, -0.2) is 12.6 Å². The lowest BCUT2D eigenvalue weighted by atomic mass is 11.6. The molecule has 0 aliphatic rings. The van der Waals surface area contributed by atoms with Crippen LogP contribution in [0.1, 0.15) is 0 Å². The molecule has 0 saturated carbocycles. The van der Waals surface area contributed by atoms with Crippen molar-refractivity contribution >= 4 is 12.0 Å². The molecule has 0 spiro atoms. The van der Waals surface area contributed by atoms with Crippen LogP contribution in [0, 0.1) is 0 Å². The maximum atomic E-state index is 10.9. The first-order valence-corrected chi connectivity index (χ1v) is 2.09. The molecular formula is C2H3F3OS. The number of alkyl halides is 3. The van der Waals surface area contributed by atoms with Gasteiger partial charge in [0.25, 0.3) is 0 Å². The second kappa shape index (κ2) is 2.42. The Hall–Kier alpha value is 0.100. The summed E-state index contributed by atoms with van der Waals surface area (Å²) in [5, 5.41) is 0. The van der Waals surface area contributed by atoms with Crippen LogP contribution in [0.3, 0.4) is 0 Å². The number of halogens is 3. The van der Waals surface area contributed by atoms with Crippen molar-refractivity contribution < 1.29 is 17.4 Å². The van der Waals surface area contributed by atoms with E-state index in [0.29, 0.717) is 0 Å². The second-order valence-electron chi connectivity index (χ2n) is 0.696. The Balaban J connectivity index is 3.15. The van der Waals surface area contributed by atoms with E-state index in [1.54, 1.807) is 0 Å². The van der Waals surface area contributed by atoms with Crippen molar-refractivity contribution in [2.75, 3.05) is 7.11 Å². The third-order valence-corrected chi connectivity index (χ3v) is 0.533. The molecule has 0 aliphatic carbocycles. The SMILES string of the molecule is COSC(F)(F)F. The van der Waals surface area contributed by atoms with Gasteiger partial charge in [-0.05, 0) is 0 Å². The van der Waals surface area contributed by atoms with E-state index >= 15 is 0 Å². The van der Waals surface area contributed by atoms with E-state index in [9.17, 15) is 13.2 Å². The molecular weight excluding hydrogens is 129 g/mol. The van der Waals surface area contributed by atoms with Gasteiger partial charge < -0.3 is 4.18 Å². The van der Waals surface area contributed by atoms with Crippen LogP contribution in [0.15, 0.2) is 0 Å². The van der Waals surface area contributed by atoms with Crippen LogP contribution in [0.4, 0.5) is 13.2 Å². The van der Waals surface area contributed by atoms with Crippen molar-refractivity contribution in [3.05, 3.63) is 0 Å². The molecule has 0 heterocycles. The Morgan fingerprint density at radius 3 is 1.86 bits per heavy atom. The summed E-state index contributed by atoms with van der Waals surface area (Å²) < 4.78 is 36.4. The van der Waals surface area contributed by atoms with E-state index in [4.69, 9.17) is 0 Å². The molecule has 44 valence electrons. The molecule has 0 aromatic heterocycles. The van der Waals surface area contributed by atoms with Gasteiger partial charge in [-0.25, -0.2) is 0 Å². The third-order valence-electron chi connectivity index (χ3n) is 0.178. The fraction of sp³-hybridized carbons (Fsp3) is 1.00. The number of hydrogen-bond donors (Lipinski definition) is 0. The molecule has 0 aromatic carbocycles. The molecule has 0 aliphatic heterocycles. The van der Waals surface area contributed by atoms with E-state index < -0.39 is 17.6 Å². The molecule has 0 radical (unpaired) electrons. The van der Waals surface area contributed by atoms with Gasteiger partial charge in [-0.3, -0.25) is 0 Å². The normalized spacial score (nSPS) is 12.0. The molecule has 0 fully saturated rings. The largest absolute Gasteiger partial charge is 0.467 e. The highest BCUT2D eigenvalue weighted by atomic mass is 32.2. The fourth-order valence-electron chi connectivity index (χ4n) is 0.0945. The van der Waals surface area contributed by atoms with Crippen molar-refractivity contribution in [2.45, 2.75) is 5.51 Å². The summed E-state index contributed by atoms with van der Waals surface area (Å²) in [6.45, 7) is 0. The molecule has 0 unspecified atom stereocenters. The highest BCUT2D eigenvalue weighted by molar-refractivity contribution is 7.95. The van der Waals surface area contributed by atoms with Gasteiger partial charge in [-0.2, -0.15) is 13.2 Å². The first-order valence-electron chi connectivity index (χ1n) is 1.35. The standard InChI is InChI=1S/C2H3F3OS/c1-6-7-2(3,4)5/h1H3. The van der Waals surface area contributed by atoms with Gasteiger partial charge in [0.2, 0.25) is 0 Å². The lowest BCUT2D eigenvalue weighted by molar-refractivity contribution is -0.0386. The van der Waals surface area contributed by atoms with Crippen LogP contribution < -0.4 is 0 Å². The van der Waals surface area contributed by atoms with Crippen molar-refractivity contribution in [2.24, 2.45) is 0 Å². The highest BCUT2D eigenvalue weighted by Crippen LogP contribution is 2.29. The Morgan fingerprint density at radius 2 is 1.86 bits per heavy atom. The molecule has 0 rings (SSSR count). The van der Waals surface area contributed by atoms with Crippen LogP contribution in [-0.2, 0) is 4.18 Å². The molecule has 0 saturated heterocycles. The average molecular weight is 132 g/mol. The summed E-state index contributed by atoms with van der Waals surface area (Å²) in [5.74, 6) is 0. The molecule has 5 heteroatoms. The number of rotatable bonds is 1. The zero-order valence-electron chi connectivity index (χ0n) is 3.45. The summed E-state index contributed by atoms with van der Waals surface area (Å²) in [5.41, 5.74) is -4.26. The zero-order chi connectivity index (χ0) is 5.91. The highest BCUT2D eigenvalue weighted by Gasteiger charge is 2.28. The first-order chi connectivity index (χ1) is 3.06. The summed E-state index contributed by atoms with van der Waals surface area (Å²) in [6.07, 6.45) is 0. The van der Waals surface area contributed by atoms with Gasteiger partial charge in [-0.15, -0.1) is 0 Å². The van der Waals surface area contributed by atoms with Crippen LogP contribution in [0.5, 0.6) is 0 Å². The minimum atomic E-state index is -4.26. The summed E-state index contributed by atoms with van der Waals surface area (Å²) >= 11 is -0.512. The predicted molar refractivity (Wildman–Crippen MR) is 20.7 cm³/mol.